The number of benzene rings is 4. The topological polar surface area (TPSA) is 176 Å². The maximum atomic E-state index is 13.3. The number of aryl methyl sites for hydroxylation is 1. The lowest BCUT2D eigenvalue weighted by atomic mass is 10.1. The van der Waals surface area contributed by atoms with Crippen molar-refractivity contribution in [1.82, 2.24) is 0 Å². The molecule has 0 aliphatic rings. The van der Waals surface area contributed by atoms with Gasteiger partial charge in [0.05, 0.1) is 12.3 Å². The van der Waals surface area contributed by atoms with Crippen LogP contribution >= 0.6 is 0 Å². The first-order valence-corrected chi connectivity index (χ1v) is 14.5. The summed E-state index contributed by atoms with van der Waals surface area (Å²) in [5, 5.41) is 4.74. The molecule has 0 aliphatic carbocycles. The molecule has 4 N–H and O–H groups in total. The Balaban J connectivity index is 1.76. The van der Waals surface area contributed by atoms with Gasteiger partial charge in [0.2, 0.25) is 0 Å². The van der Waals surface area contributed by atoms with Crippen LogP contribution in [0.4, 0.5) is 11.4 Å². The van der Waals surface area contributed by atoms with Crippen molar-refractivity contribution >= 4 is 54.2 Å². The van der Waals surface area contributed by atoms with Crippen LogP contribution in [-0.4, -0.2) is 44.9 Å². The van der Waals surface area contributed by atoms with E-state index in [0.29, 0.717) is 16.8 Å². The van der Waals surface area contributed by atoms with Crippen LogP contribution in [0.25, 0.3) is 10.8 Å². The van der Waals surface area contributed by atoms with Crippen molar-refractivity contribution in [2.75, 3.05) is 17.7 Å². The molecule has 0 radical (unpaired) electrons. The molecule has 2 amide bonds. The minimum Gasteiger partial charge on any atom is -0.380 e. The van der Waals surface area contributed by atoms with Crippen LogP contribution in [0.15, 0.2) is 82.6 Å². The average Bonchev–Trinajstić information content (AvgIpc) is 2.88. The molecule has 0 saturated heterocycles. The second-order valence-corrected chi connectivity index (χ2v) is 11.6. The van der Waals surface area contributed by atoms with Gasteiger partial charge >= 0.3 is 0 Å². The van der Waals surface area contributed by atoms with E-state index >= 15 is 0 Å². The molecule has 0 heterocycles. The van der Waals surface area contributed by atoms with Gasteiger partial charge in [0.25, 0.3) is 32.1 Å². The first-order valence-electron chi connectivity index (χ1n) is 11.6. The lowest BCUT2D eigenvalue weighted by Gasteiger charge is -2.15. The van der Waals surface area contributed by atoms with E-state index in [4.69, 9.17) is 4.74 Å². The summed E-state index contributed by atoms with van der Waals surface area (Å²) in [5.41, 5.74) is 2.08. The standard InChI is InChI=1S/C27H24N2O9S2/c1-16-5-3-6-17(13-16)26(30)29-22-14-18(9-10-19(22)15-38-2)27(31)28-21-11-12-23(39(32,33)34)20-7-4-8-24(25(20)21)40(35,36)37/h3-14H,15H2,1-2H3,(H,28,31)(H,29,30)(H,32,33,34)(H,35,36,37). The summed E-state index contributed by atoms with van der Waals surface area (Å²) < 4.78 is 72.6. The summed E-state index contributed by atoms with van der Waals surface area (Å²) in [6.45, 7) is 1.97. The number of methoxy groups -OCH3 is 1. The van der Waals surface area contributed by atoms with E-state index in [1.807, 2.05) is 13.0 Å². The van der Waals surface area contributed by atoms with Crippen molar-refractivity contribution in [2.45, 2.75) is 23.3 Å². The number of rotatable bonds is 8. The fourth-order valence-corrected chi connectivity index (χ4v) is 5.60. The Hall–Kier alpha value is -4.14. The van der Waals surface area contributed by atoms with Crippen LogP contribution in [0.3, 0.4) is 0 Å². The lowest BCUT2D eigenvalue weighted by Crippen LogP contribution is -2.17. The van der Waals surface area contributed by atoms with Crippen molar-refractivity contribution in [2.24, 2.45) is 0 Å². The zero-order chi connectivity index (χ0) is 29.2. The molecule has 0 atom stereocenters. The largest absolute Gasteiger partial charge is 0.380 e. The third-order valence-electron chi connectivity index (χ3n) is 5.97. The number of carbonyl (C=O) groups excluding carboxylic acids is 2. The predicted octanol–water partition coefficient (Wildman–Crippen LogP) is 4.29. The molecule has 0 aromatic heterocycles. The fraction of sp³-hybridized carbons (Fsp3) is 0.111. The van der Waals surface area contributed by atoms with E-state index in [1.165, 1.54) is 31.4 Å². The Morgan fingerprint density at radius 2 is 1.38 bits per heavy atom. The molecule has 0 unspecified atom stereocenters. The predicted molar refractivity (Wildman–Crippen MR) is 148 cm³/mol. The van der Waals surface area contributed by atoms with E-state index < -0.39 is 41.8 Å². The Labute approximate surface area is 230 Å². The smallest absolute Gasteiger partial charge is 0.295 e. The van der Waals surface area contributed by atoms with Crippen molar-refractivity contribution in [1.29, 1.82) is 0 Å². The maximum absolute atomic E-state index is 13.3. The minimum absolute atomic E-state index is 0.0655. The number of carbonyl (C=O) groups is 2. The van der Waals surface area contributed by atoms with E-state index in [1.54, 1.807) is 24.3 Å². The summed E-state index contributed by atoms with van der Waals surface area (Å²) in [5.74, 6) is -1.15. The van der Waals surface area contributed by atoms with Gasteiger partial charge in [-0.1, -0.05) is 35.9 Å². The molecule has 0 aliphatic heterocycles. The Morgan fingerprint density at radius 1 is 0.750 bits per heavy atom. The second kappa shape index (κ2) is 11.2. The van der Waals surface area contributed by atoms with Gasteiger partial charge in [-0.25, -0.2) is 0 Å². The number of fused-ring (bicyclic) bond motifs is 1. The van der Waals surface area contributed by atoms with Gasteiger partial charge in [-0.05, 0) is 49.4 Å². The van der Waals surface area contributed by atoms with Crippen LogP contribution in [0.2, 0.25) is 0 Å². The molecule has 0 saturated carbocycles. The third kappa shape index (κ3) is 6.19. The number of amides is 2. The van der Waals surface area contributed by atoms with Crippen LogP contribution in [0.1, 0.15) is 31.8 Å². The van der Waals surface area contributed by atoms with E-state index in [9.17, 15) is 35.5 Å². The van der Waals surface area contributed by atoms with Crippen molar-refractivity contribution in [3.8, 4) is 0 Å². The molecular weight excluding hydrogens is 560 g/mol. The highest BCUT2D eigenvalue weighted by atomic mass is 32.2. The lowest BCUT2D eigenvalue weighted by molar-refractivity contribution is 0.101. The van der Waals surface area contributed by atoms with Crippen LogP contribution in [0.5, 0.6) is 0 Å². The summed E-state index contributed by atoms with van der Waals surface area (Å²) >= 11 is 0. The highest BCUT2D eigenvalue weighted by Gasteiger charge is 2.23. The second-order valence-electron chi connectivity index (χ2n) is 8.82. The van der Waals surface area contributed by atoms with Gasteiger partial charge in [0, 0.05) is 40.3 Å². The maximum Gasteiger partial charge on any atom is 0.295 e. The number of anilines is 2. The number of hydrogen-bond acceptors (Lipinski definition) is 7. The number of nitrogens with one attached hydrogen (secondary N) is 2. The highest BCUT2D eigenvalue weighted by Crippen LogP contribution is 2.35. The minimum atomic E-state index is -4.87. The van der Waals surface area contributed by atoms with E-state index in [-0.39, 0.29) is 28.6 Å². The molecular formula is C27H24N2O9S2. The Kier molecular flexibility index (Phi) is 8.05. The van der Waals surface area contributed by atoms with Gasteiger partial charge in [-0.15, -0.1) is 0 Å². The molecule has 4 aromatic rings. The average molecular weight is 585 g/mol. The van der Waals surface area contributed by atoms with Gasteiger partial charge in [-0.2, -0.15) is 16.8 Å². The third-order valence-corrected chi connectivity index (χ3v) is 7.77. The zero-order valence-corrected chi connectivity index (χ0v) is 22.8. The van der Waals surface area contributed by atoms with Crippen LogP contribution in [-0.2, 0) is 31.6 Å². The quantitative estimate of drug-likeness (QED) is 0.220. The summed E-state index contributed by atoms with van der Waals surface area (Å²) in [7, 11) is -8.18. The SMILES string of the molecule is COCc1ccc(C(=O)Nc2ccc(S(=O)(=O)O)c3cccc(S(=O)(=O)O)c23)cc1NC(=O)c1cccc(C)c1. The highest BCUT2D eigenvalue weighted by molar-refractivity contribution is 7.86. The van der Waals surface area contributed by atoms with Gasteiger partial charge in [0.15, 0.2) is 0 Å². The molecule has 0 fully saturated rings. The van der Waals surface area contributed by atoms with Crippen molar-refractivity contribution < 1.29 is 40.3 Å². The molecule has 13 heteroatoms. The summed E-state index contributed by atoms with van der Waals surface area (Å²) in [4.78, 5) is 24.9. The van der Waals surface area contributed by atoms with E-state index in [0.717, 1.165) is 23.8 Å². The van der Waals surface area contributed by atoms with Gasteiger partial charge in [0.1, 0.15) is 9.79 Å². The van der Waals surface area contributed by atoms with Gasteiger partial charge in [-0.3, -0.25) is 18.7 Å². The Bertz CT molecular complexity index is 1870. The van der Waals surface area contributed by atoms with Gasteiger partial charge < -0.3 is 15.4 Å². The summed E-state index contributed by atoms with van der Waals surface area (Å²) in [6.07, 6.45) is 0. The molecule has 0 bridgehead atoms. The zero-order valence-electron chi connectivity index (χ0n) is 21.2. The molecule has 4 rings (SSSR count). The molecule has 208 valence electrons. The molecule has 11 nitrogen and oxygen atoms in total. The first-order chi connectivity index (χ1) is 18.8. The van der Waals surface area contributed by atoms with Crippen LogP contribution in [0, 0.1) is 6.92 Å². The fourth-order valence-electron chi connectivity index (χ4n) is 4.18. The first kappa shape index (κ1) is 28.9. The monoisotopic (exact) mass is 584 g/mol. The van der Waals surface area contributed by atoms with Crippen LogP contribution < -0.4 is 10.6 Å². The molecule has 40 heavy (non-hydrogen) atoms. The number of ether oxygens (including phenoxy) is 1. The van der Waals surface area contributed by atoms with Crippen molar-refractivity contribution in [3.63, 3.8) is 0 Å². The normalized spacial score (nSPS) is 11.8. The number of hydrogen-bond donors (Lipinski definition) is 4. The van der Waals surface area contributed by atoms with Crippen molar-refractivity contribution in [3.05, 3.63) is 95.1 Å². The summed E-state index contributed by atoms with van der Waals surface area (Å²) in [6, 6.07) is 16.9. The Morgan fingerprint density at radius 3 is 2.00 bits per heavy atom. The molecule has 0 spiro atoms. The van der Waals surface area contributed by atoms with E-state index in [2.05, 4.69) is 10.6 Å². The molecule has 4 aromatic carbocycles.